The molecule has 2 aliphatic heterocycles. The van der Waals surface area contributed by atoms with Gasteiger partial charge in [-0.25, -0.2) is 0 Å². The molecule has 3 rings (SSSR count). The van der Waals surface area contributed by atoms with Crippen LogP contribution < -0.4 is 10.1 Å². The maximum Gasteiger partial charge on any atom is 0.573 e. The third-order valence-corrected chi connectivity index (χ3v) is 3.96. The minimum Gasteiger partial charge on any atom is -0.405 e. The van der Waals surface area contributed by atoms with Crippen molar-refractivity contribution in [2.24, 2.45) is 0 Å². The molecule has 3 amide bonds. The number of alkyl halides is 3. The molecule has 0 spiro atoms. The Morgan fingerprint density at radius 2 is 1.96 bits per heavy atom. The summed E-state index contributed by atoms with van der Waals surface area (Å²) < 4.78 is 41.7. The van der Waals surface area contributed by atoms with Gasteiger partial charge >= 0.3 is 6.36 Å². The van der Waals surface area contributed by atoms with Gasteiger partial charge in [-0.1, -0.05) is 6.07 Å². The molecule has 1 aromatic rings. The summed E-state index contributed by atoms with van der Waals surface area (Å²) in [5, 5.41) is 2.13. The van der Waals surface area contributed by atoms with Gasteiger partial charge in [-0.15, -0.1) is 13.2 Å². The number of aryl methyl sites for hydroxylation is 1. The van der Waals surface area contributed by atoms with Crippen LogP contribution >= 0.6 is 0 Å². The molecule has 0 aromatic heterocycles. The molecule has 6 nitrogen and oxygen atoms in total. The molecule has 0 bridgehead atoms. The number of amides is 3. The van der Waals surface area contributed by atoms with Gasteiger partial charge in [-0.3, -0.25) is 19.7 Å². The van der Waals surface area contributed by atoms with E-state index in [-0.39, 0.29) is 24.9 Å². The van der Waals surface area contributed by atoms with Crippen molar-refractivity contribution in [3.8, 4) is 5.75 Å². The van der Waals surface area contributed by atoms with E-state index >= 15 is 0 Å². The third kappa shape index (κ3) is 2.93. The Hall–Kier alpha value is -2.58. The lowest BCUT2D eigenvalue weighted by molar-refractivity contribution is -0.274. The first-order valence-corrected chi connectivity index (χ1v) is 7.19. The first kappa shape index (κ1) is 16.3. The molecule has 24 heavy (non-hydrogen) atoms. The molecule has 128 valence electrons. The number of rotatable bonds is 2. The number of benzene rings is 1. The van der Waals surface area contributed by atoms with Gasteiger partial charge in [0, 0.05) is 13.0 Å². The van der Waals surface area contributed by atoms with Gasteiger partial charge in [0.25, 0.3) is 5.91 Å². The fraction of sp³-hybridized carbons (Fsp3) is 0.400. The highest BCUT2D eigenvalue weighted by molar-refractivity contribution is 6.06. The third-order valence-electron chi connectivity index (χ3n) is 3.96. The molecule has 0 aliphatic carbocycles. The van der Waals surface area contributed by atoms with Crippen LogP contribution in [0.15, 0.2) is 12.1 Å². The average Bonchev–Trinajstić information content (AvgIpc) is 2.74. The molecule has 2 heterocycles. The van der Waals surface area contributed by atoms with Crippen LogP contribution in [0, 0.1) is 6.92 Å². The van der Waals surface area contributed by atoms with Gasteiger partial charge in [0.2, 0.25) is 11.8 Å². The number of hydrogen-bond donors (Lipinski definition) is 1. The van der Waals surface area contributed by atoms with E-state index in [1.807, 2.05) is 0 Å². The Balaban J connectivity index is 1.94. The minimum absolute atomic E-state index is 0.00363. The molecule has 9 heteroatoms. The fourth-order valence-corrected chi connectivity index (χ4v) is 3.03. The molecule has 1 unspecified atom stereocenters. The van der Waals surface area contributed by atoms with E-state index in [0.29, 0.717) is 11.1 Å². The van der Waals surface area contributed by atoms with Crippen LogP contribution in [0.5, 0.6) is 5.75 Å². The summed E-state index contributed by atoms with van der Waals surface area (Å²) in [6.45, 7) is 1.58. The normalized spacial score (nSPS) is 20.9. The highest BCUT2D eigenvalue weighted by Crippen LogP contribution is 2.37. The largest absolute Gasteiger partial charge is 0.573 e. The van der Waals surface area contributed by atoms with Crippen LogP contribution in [-0.4, -0.2) is 35.0 Å². The van der Waals surface area contributed by atoms with E-state index in [1.54, 1.807) is 13.0 Å². The lowest BCUT2D eigenvalue weighted by atomic mass is 10.0. The first-order chi connectivity index (χ1) is 11.2. The van der Waals surface area contributed by atoms with Crippen molar-refractivity contribution in [1.29, 1.82) is 0 Å². The molecular weight excluding hydrogens is 329 g/mol. The van der Waals surface area contributed by atoms with Crippen molar-refractivity contribution in [3.63, 3.8) is 0 Å². The van der Waals surface area contributed by atoms with Gasteiger partial charge in [-0.05, 0) is 30.5 Å². The first-order valence-electron chi connectivity index (χ1n) is 7.19. The van der Waals surface area contributed by atoms with Crippen molar-refractivity contribution in [2.75, 3.05) is 0 Å². The number of imide groups is 1. The fourth-order valence-electron chi connectivity index (χ4n) is 3.03. The second-order valence-electron chi connectivity index (χ2n) is 5.74. The maximum atomic E-state index is 12.6. The van der Waals surface area contributed by atoms with Crippen LogP contribution in [0.25, 0.3) is 0 Å². The van der Waals surface area contributed by atoms with Gasteiger partial charge in [-0.2, -0.15) is 0 Å². The van der Waals surface area contributed by atoms with E-state index in [0.717, 1.165) is 6.07 Å². The number of hydrogen-bond acceptors (Lipinski definition) is 4. The number of carbonyl (C=O) groups is 3. The summed E-state index contributed by atoms with van der Waals surface area (Å²) in [7, 11) is 0. The Kier molecular flexibility index (Phi) is 3.73. The topological polar surface area (TPSA) is 75.7 Å². The molecule has 1 saturated heterocycles. The van der Waals surface area contributed by atoms with E-state index in [9.17, 15) is 27.6 Å². The summed E-state index contributed by atoms with van der Waals surface area (Å²) >= 11 is 0. The summed E-state index contributed by atoms with van der Waals surface area (Å²) in [4.78, 5) is 36.9. The smallest absolute Gasteiger partial charge is 0.405 e. The lowest BCUT2D eigenvalue weighted by Crippen LogP contribution is -2.52. The molecule has 0 radical (unpaired) electrons. The Morgan fingerprint density at radius 1 is 1.25 bits per heavy atom. The highest BCUT2D eigenvalue weighted by Gasteiger charge is 2.42. The van der Waals surface area contributed by atoms with Gasteiger partial charge in [0.15, 0.2) is 0 Å². The predicted molar refractivity (Wildman–Crippen MR) is 73.9 cm³/mol. The number of nitrogens with zero attached hydrogens (tertiary/aromatic N) is 1. The van der Waals surface area contributed by atoms with Crippen molar-refractivity contribution in [3.05, 3.63) is 28.8 Å². The van der Waals surface area contributed by atoms with E-state index in [1.165, 1.54) is 4.90 Å². The summed E-state index contributed by atoms with van der Waals surface area (Å²) in [6, 6.07) is 1.84. The number of piperidine rings is 1. The summed E-state index contributed by atoms with van der Waals surface area (Å²) in [5.41, 5.74) is 0.678. The van der Waals surface area contributed by atoms with Gasteiger partial charge < -0.3 is 9.64 Å². The zero-order valence-corrected chi connectivity index (χ0v) is 12.6. The molecule has 1 N–H and O–H groups in total. The van der Waals surface area contributed by atoms with E-state index in [2.05, 4.69) is 10.1 Å². The molecule has 1 fully saturated rings. The maximum absolute atomic E-state index is 12.6. The van der Waals surface area contributed by atoms with Gasteiger partial charge in [0.05, 0.1) is 5.56 Å². The van der Waals surface area contributed by atoms with Crippen LogP contribution in [0.2, 0.25) is 0 Å². The summed E-state index contributed by atoms with van der Waals surface area (Å²) in [5.74, 6) is -2.34. The van der Waals surface area contributed by atoms with Crippen molar-refractivity contribution < 1.29 is 32.3 Å². The number of nitrogens with one attached hydrogen (secondary N) is 1. The molecular formula is C15H13F3N2O4. The van der Waals surface area contributed by atoms with Gasteiger partial charge in [0.1, 0.15) is 11.8 Å². The lowest BCUT2D eigenvalue weighted by Gasteiger charge is -2.29. The Bertz CT molecular complexity index is 745. The number of halogens is 3. The van der Waals surface area contributed by atoms with Crippen molar-refractivity contribution >= 4 is 17.7 Å². The Morgan fingerprint density at radius 3 is 2.58 bits per heavy atom. The van der Waals surface area contributed by atoms with Crippen LogP contribution in [-0.2, 0) is 16.1 Å². The standard InChI is InChI=1S/C15H13F3N2O4/c1-7-4-8-6-20(9-2-3-11(21)19-13(9)22)14(23)12(8)10(5-7)24-15(16,17)18/h4-5,9H,2-3,6H2,1H3,(H,19,21,22). The van der Waals surface area contributed by atoms with E-state index in [4.69, 9.17) is 0 Å². The van der Waals surface area contributed by atoms with Crippen molar-refractivity contribution in [2.45, 2.75) is 38.7 Å². The molecule has 1 atom stereocenters. The molecule has 2 aliphatic rings. The minimum atomic E-state index is -4.93. The number of fused-ring (bicyclic) bond motifs is 1. The summed E-state index contributed by atoms with van der Waals surface area (Å²) in [6.07, 6.45) is -4.72. The van der Waals surface area contributed by atoms with Crippen LogP contribution in [0.4, 0.5) is 13.2 Å². The zero-order chi connectivity index (χ0) is 17.6. The number of ether oxygens (including phenoxy) is 1. The second kappa shape index (κ2) is 5.50. The predicted octanol–water partition coefficient (Wildman–Crippen LogP) is 1.65. The van der Waals surface area contributed by atoms with Crippen LogP contribution in [0.3, 0.4) is 0 Å². The monoisotopic (exact) mass is 342 g/mol. The molecule has 0 saturated carbocycles. The van der Waals surface area contributed by atoms with E-state index < -0.39 is 35.9 Å². The SMILES string of the molecule is Cc1cc2c(c(OC(F)(F)F)c1)C(=O)N(C1CCC(=O)NC1=O)C2. The number of carbonyl (C=O) groups excluding carboxylic acids is 3. The zero-order valence-electron chi connectivity index (χ0n) is 12.6. The quantitative estimate of drug-likeness (QED) is 0.830. The average molecular weight is 342 g/mol. The molecule has 1 aromatic carbocycles. The second-order valence-corrected chi connectivity index (χ2v) is 5.74. The Labute approximate surface area is 134 Å². The van der Waals surface area contributed by atoms with Crippen LogP contribution in [0.1, 0.15) is 34.3 Å². The van der Waals surface area contributed by atoms with Crippen molar-refractivity contribution in [1.82, 2.24) is 10.2 Å². The highest BCUT2D eigenvalue weighted by atomic mass is 19.4.